The first-order valence-corrected chi connectivity index (χ1v) is 14.4. The van der Waals surface area contributed by atoms with Crippen molar-refractivity contribution in [3.8, 4) is 11.5 Å². The first-order valence-electron chi connectivity index (χ1n) is 14.4. The van der Waals surface area contributed by atoms with E-state index in [-0.39, 0.29) is 24.4 Å². The summed E-state index contributed by atoms with van der Waals surface area (Å²) >= 11 is 0. The van der Waals surface area contributed by atoms with Gasteiger partial charge in [0.15, 0.2) is 0 Å². The molecule has 4 aromatic rings. The summed E-state index contributed by atoms with van der Waals surface area (Å²) in [6.45, 7) is 4.92. The minimum Gasteiger partial charge on any atom is -0.497 e. The maximum atomic E-state index is 14.0. The number of carbonyl (C=O) groups excluding carboxylic acids is 2. The highest BCUT2D eigenvalue weighted by Gasteiger charge is 2.28. The molecule has 8 nitrogen and oxygen atoms in total. The van der Waals surface area contributed by atoms with Gasteiger partial charge in [-0.1, -0.05) is 37.3 Å². The van der Waals surface area contributed by atoms with E-state index in [2.05, 4.69) is 41.4 Å². The average Bonchev–Trinajstić information content (AvgIpc) is 3.43. The zero-order chi connectivity index (χ0) is 30.2. The van der Waals surface area contributed by atoms with Crippen LogP contribution in [0.3, 0.4) is 0 Å². The molecule has 2 amide bonds. The van der Waals surface area contributed by atoms with Crippen molar-refractivity contribution in [1.29, 1.82) is 0 Å². The SMILES string of the molecule is CCC(C)N(CC(=O)N(CCc1c[nH]c2ccccc12)Cc1ccc(N(C)C)cc1)C(=O)c1ccc(OC)cc1OC. The summed E-state index contributed by atoms with van der Waals surface area (Å²) in [6.07, 6.45) is 3.41. The van der Waals surface area contributed by atoms with Gasteiger partial charge in [0.1, 0.15) is 18.0 Å². The largest absolute Gasteiger partial charge is 0.497 e. The zero-order valence-electron chi connectivity index (χ0n) is 25.5. The lowest BCUT2D eigenvalue weighted by atomic mass is 10.1. The fourth-order valence-corrected chi connectivity index (χ4v) is 5.03. The van der Waals surface area contributed by atoms with E-state index in [1.807, 2.05) is 56.1 Å². The molecule has 1 unspecified atom stereocenters. The molecular weight excluding hydrogens is 528 g/mol. The Hall–Kier alpha value is -4.46. The zero-order valence-corrected chi connectivity index (χ0v) is 25.5. The number of nitrogens with one attached hydrogen (secondary N) is 1. The number of aromatic nitrogens is 1. The van der Waals surface area contributed by atoms with Crippen molar-refractivity contribution in [3.05, 3.63) is 89.6 Å². The quantitative estimate of drug-likeness (QED) is 0.221. The number of benzene rings is 3. The van der Waals surface area contributed by atoms with Crippen LogP contribution in [0.2, 0.25) is 0 Å². The number of nitrogens with zero attached hydrogens (tertiary/aromatic N) is 3. The fourth-order valence-electron chi connectivity index (χ4n) is 5.03. The Balaban J connectivity index is 1.60. The molecule has 0 aliphatic rings. The van der Waals surface area contributed by atoms with Crippen LogP contribution >= 0.6 is 0 Å². The molecule has 42 heavy (non-hydrogen) atoms. The molecule has 1 atom stereocenters. The van der Waals surface area contributed by atoms with Gasteiger partial charge >= 0.3 is 0 Å². The number of H-pyrrole nitrogens is 1. The number of fused-ring (bicyclic) bond motifs is 1. The van der Waals surface area contributed by atoms with Gasteiger partial charge in [-0.05, 0) is 61.2 Å². The van der Waals surface area contributed by atoms with Gasteiger partial charge in [0.05, 0.1) is 19.8 Å². The van der Waals surface area contributed by atoms with Crippen LogP contribution in [0.15, 0.2) is 72.9 Å². The number of hydrogen-bond donors (Lipinski definition) is 1. The van der Waals surface area contributed by atoms with Crippen LogP contribution in [0.1, 0.15) is 41.8 Å². The van der Waals surface area contributed by atoms with E-state index in [1.165, 1.54) is 7.11 Å². The summed E-state index contributed by atoms with van der Waals surface area (Å²) in [4.78, 5) is 36.8. The van der Waals surface area contributed by atoms with Crippen LogP contribution in [-0.4, -0.2) is 74.0 Å². The van der Waals surface area contributed by atoms with Crippen LogP contribution in [0.25, 0.3) is 10.9 Å². The lowest BCUT2D eigenvalue weighted by molar-refractivity contribution is -0.133. The van der Waals surface area contributed by atoms with E-state index in [4.69, 9.17) is 9.47 Å². The third-order valence-electron chi connectivity index (χ3n) is 7.83. The average molecular weight is 571 g/mol. The van der Waals surface area contributed by atoms with Gasteiger partial charge < -0.3 is 29.2 Å². The van der Waals surface area contributed by atoms with Crippen molar-refractivity contribution in [2.24, 2.45) is 0 Å². The minimum atomic E-state index is -0.246. The summed E-state index contributed by atoms with van der Waals surface area (Å²) in [6, 6.07) is 21.4. The number of para-hydroxylation sites is 1. The monoisotopic (exact) mass is 570 g/mol. The number of anilines is 1. The van der Waals surface area contributed by atoms with Crippen LogP contribution in [0, 0.1) is 0 Å². The Bertz CT molecular complexity index is 1500. The Morgan fingerprint density at radius 3 is 2.36 bits per heavy atom. The predicted molar refractivity (Wildman–Crippen MR) is 169 cm³/mol. The summed E-state index contributed by atoms with van der Waals surface area (Å²) in [5, 5.41) is 1.16. The third-order valence-corrected chi connectivity index (χ3v) is 7.83. The lowest BCUT2D eigenvalue weighted by Crippen LogP contribution is -2.47. The van der Waals surface area contributed by atoms with Crippen molar-refractivity contribution in [3.63, 3.8) is 0 Å². The van der Waals surface area contributed by atoms with Crippen LogP contribution in [0.4, 0.5) is 5.69 Å². The third kappa shape index (κ3) is 7.05. The van der Waals surface area contributed by atoms with E-state index in [0.717, 1.165) is 27.7 Å². The molecule has 4 rings (SSSR count). The predicted octanol–water partition coefficient (Wildman–Crippen LogP) is 5.76. The smallest absolute Gasteiger partial charge is 0.258 e. The van der Waals surface area contributed by atoms with Crippen molar-refractivity contribution in [1.82, 2.24) is 14.8 Å². The van der Waals surface area contributed by atoms with E-state index < -0.39 is 0 Å². The fraction of sp³-hybridized carbons (Fsp3) is 0.353. The van der Waals surface area contributed by atoms with Crippen molar-refractivity contribution < 1.29 is 19.1 Å². The molecule has 0 saturated heterocycles. The number of carbonyl (C=O) groups is 2. The molecule has 0 aliphatic heterocycles. The molecule has 1 heterocycles. The molecule has 3 aromatic carbocycles. The Labute approximate surface area is 248 Å². The maximum absolute atomic E-state index is 14.0. The van der Waals surface area contributed by atoms with Crippen molar-refractivity contribution in [2.75, 3.05) is 46.3 Å². The van der Waals surface area contributed by atoms with Gasteiger partial charge in [0.25, 0.3) is 5.91 Å². The molecule has 0 spiro atoms. The highest BCUT2D eigenvalue weighted by molar-refractivity contribution is 5.99. The van der Waals surface area contributed by atoms with E-state index in [9.17, 15) is 9.59 Å². The van der Waals surface area contributed by atoms with Gasteiger partial charge in [-0.2, -0.15) is 0 Å². The first-order chi connectivity index (χ1) is 20.2. The van der Waals surface area contributed by atoms with E-state index >= 15 is 0 Å². The summed E-state index contributed by atoms with van der Waals surface area (Å²) < 4.78 is 10.8. The molecule has 0 fully saturated rings. The van der Waals surface area contributed by atoms with Crippen LogP contribution in [-0.2, 0) is 17.8 Å². The Morgan fingerprint density at radius 1 is 0.952 bits per heavy atom. The molecular formula is C34H42N4O4. The topological polar surface area (TPSA) is 78.1 Å². The normalized spacial score (nSPS) is 11.7. The second kappa shape index (κ2) is 13.9. The van der Waals surface area contributed by atoms with Crippen LogP contribution in [0.5, 0.6) is 11.5 Å². The maximum Gasteiger partial charge on any atom is 0.258 e. The van der Waals surface area contributed by atoms with Crippen LogP contribution < -0.4 is 14.4 Å². The second-order valence-electron chi connectivity index (χ2n) is 10.7. The van der Waals surface area contributed by atoms with Gasteiger partial charge in [0.2, 0.25) is 5.91 Å². The van der Waals surface area contributed by atoms with E-state index in [0.29, 0.717) is 43.0 Å². The Kier molecular flexibility index (Phi) is 10.1. The molecule has 0 radical (unpaired) electrons. The molecule has 222 valence electrons. The summed E-state index contributed by atoms with van der Waals surface area (Å²) in [5.41, 5.74) is 4.76. The first kappa shape index (κ1) is 30.5. The molecule has 0 bridgehead atoms. The number of methoxy groups -OCH3 is 2. The number of aromatic amines is 1. The van der Waals surface area contributed by atoms with Gasteiger partial charge in [-0.25, -0.2) is 0 Å². The summed E-state index contributed by atoms with van der Waals surface area (Å²) in [5.74, 6) is 0.660. The number of ether oxygens (including phenoxy) is 2. The van der Waals surface area contributed by atoms with Gasteiger partial charge in [-0.3, -0.25) is 9.59 Å². The highest BCUT2D eigenvalue weighted by atomic mass is 16.5. The molecule has 1 N–H and O–H groups in total. The number of amides is 2. The Morgan fingerprint density at radius 2 is 1.69 bits per heavy atom. The van der Waals surface area contributed by atoms with Gasteiger partial charge in [0, 0.05) is 62.1 Å². The molecule has 0 saturated carbocycles. The highest BCUT2D eigenvalue weighted by Crippen LogP contribution is 2.27. The lowest BCUT2D eigenvalue weighted by Gasteiger charge is -2.32. The van der Waals surface area contributed by atoms with Crippen molar-refractivity contribution in [2.45, 2.75) is 39.3 Å². The summed E-state index contributed by atoms with van der Waals surface area (Å²) in [7, 11) is 7.10. The number of hydrogen-bond acceptors (Lipinski definition) is 5. The minimum absolute atomic E-state index is 0.0350. The van der Waals surface area contributed by atoms with E-state index in [1.54, 1.807) is 30.2 Å². The van der Waals surface area contributed by atoms with Crippen molar-refractivity contribution >= 4 is 28.4 Å². The standard InChI is InChI=1S/C34H42N4O4/c1-7-24(2)38(34(40)30-17-16-28(41-5)20-32(30)42-6)23-33(39)37(22-25-12-14-27(15-13-25)36(3)4)19-18-26-21-35-31-11-9-8-10-29(26)31/h8-17,20-21,24,35H,7,18-19,22-23H2,1-6H3. The van der Waals surface area contributed by atoms with Gasteiger partial charge in [-0.15, -0.1) is 0 Å². The molecule has 8 heteroatoms. The molecule has 1 aromatic heterocycles. The second-order valence-corrected chi connectivity index (χ2v) is 10.7. The number of rotatable bonds is 13. The molecule has 0 aliphatic carbocycles.